The third kappa shape index (κ3) is 2.56. The Morgan fingerprint density at radius 2 is 1.90 bits per heavy atom. The summed E-state index contributed by atoms with van der Waals surface area (Å²) in [6.07, 6.45) is 1.89. The fourth-order valence-electron chi connectivity index (χ4n) is 2.59. The molecular weight excluding hydrogens is 246 g/mol. The van der Waals surface area contributed by atoms with Gasteiger partial charge >= 0.3 is 0 Å². The van der Waals surface area contributed by atoms with Crippen LogP contribution < -0.4 is 0 Å². The molecule has 100 valence electrons. The highest BCUT2D eigenvalue weighted by Crippen LogP contribution is 2.25. The summed E-state index contributed by atoms with van der Waals surface area (Å²) in [6.45, 7) is 2.07. The highest BCUT2D eigenvalue weighted by Gasteiger charge is 2.12. The lowest BCUT2D eigenvalue weighted by Gasteiger charge is -2.14. The smallest absolute Gasteiger partial charge is 0.0836 e. The number of aliphatic hydroxyl groups is 1. The molecule has 1 unspecified atom stereocenters. The second-order valence-electron chi connectivity index (χ2n) is 5.13. The SMILES string of the molecule is Cc1cccc(CC(O)c2cccc3ncccc23)c1. The van der Waals surface area contributed by atoms with Crippen LogP contribution in [0.25, 0.3) is 10.9 Å². The summed E-state index contributed by atoms with van der Waals surface area (Å²) in [5, 5.41) is 11.6. The van der Waals surface area contributed by atoms with Crippen LogP contribution in [0.3, 0.4) is 0 Å². The van der Waals surface area contributed by atoms with Crippen LogP contribution >= 0.6 is 0 Å². The number of benzene rings is 2. The molecule has 0 spiro atoms. The molecule has 1 aromatic heterocycles. The molecule has 0 fully saturated rings. The Kier molecular flexibility index (Phi) is 3.48. The van der Waals surface area contributed by atoms with Gasteiger partial charge in [-0.3, -0.25) is 4.98 Å². The Balaban J connectivity index is 1.94. The van der Waals surface area contributed by atoms with E-state index in [9.17, 15) is 5.11 Å². The molecule has 3 rings (SSSR count). The number of aryl methyl sites for hydroxylation is 1. The molecule has 20 heavy (non-hydrogen) atoms. The van der Waals surface area contributed by atoms with Crippen molar-refractivity contribution in [3.63, 3.8) is 0 Å². The highest BCUT2D eigenvalue weighted by atomic mass is 16.3. The first-order valence-corrected chi connectivity index (χ1v) is 6.81. The molecule has 1 heterocycles. The number of rotatable bonds is 3. The average Bonchev–Trinajstić information content (AvgIpc) is 2.46. The molecule has 2 nitrogen and oxygen atoms in total. The number of hydrogen-bond donors (Lipinski definition) is 1. The van der Waals surface area contributed by atoms with Gasteiger partial charge < -0.3 is 5.11 Å². The van der Waals surface area contributed by atoms with Gasteiger partial charge in [-0.1, -0.05) is 48.0 Å². The fourth-order valence-corrected chi connectivity index (χ4v) is 2.59. The molecular formula is C18H17NO. The third-order valence-corrected chi connectivity index (χ3v) is 3.55. The predicted octanol–water partition coefficient (Wildman–Crippen LogP) is 3.82. The molecule has 0 saturated carbocycles. The Hall–Kier alpha value is -2.19. The lowest BCUT2D eigenvalue weighted by Crippen LogP contribution is -2.03. The van der Waals surface area contributed by atoms with Crippen LogP contribution in [0.2, 0.25) is 0 Å². The van der Waals surface area contributed by atoms with E-state index in [1.807, 2.05) is 36.4 Å². The van der Waals surface area contributed by atoms with Crippen molar-refractivity contribution in [2.75, 3.05) is 0 Å². The first-order chi connectivity index (χ1) is 9.74. The van der Waals surface area contributed by atoms with Crippen molar-refractivity contribution in [2.45, 2.75) is 19.4 Å². The van der Waals surface area contributed by atoms with Gasteiger partial charge in [0.05, 0.1) is 11.6 Å². The van der Waals surface area contributed by atoms with Gasteiger partial charge in [-0.15, -0.1) is 0 Å². The zero-order valence-electron chi connectivity index (χ0n) is 11.5. The maximum absolute atomic E-state index is 10.5. The van der Waals surface area contributed by atoms with Gasteiger partial charge in [-0.2, -0.15) is 0 Å². The second kappa shape index (κ2) is 5.43. The monoisotopic (exact) mass is 263 g/mol. The minimum atomic E-state index is -0.510. The van der Waals surface area contributed by atoms with Crippen LogP contribution in [-0.2, 0) is 6.42 Å². The molecule has 0 aliphatic heterocycles. The Morgan fingerprint density at radius 1 is 1.05 bits per heavy atom. The summed E-state index contributed by atoms with van der Waals surface area (Å²) in [4.78, 5) is 4.33. The quantitative estimate of drug-likeness (QED) is 0.779. The van der Waals surface area contributed by atoms with Gasteiger partial charge in [0, 0.05) is 18.0 Å². The normalized spacial score (nSPS) is 12.5. The Bertz CT molecular complexity index is 731. The van der Waals surface area contributed by atoms with Crippen molar-refractivity contribution in [1.82, 2.24) is 4.98 Å². The van der Waals surface area contributed by atoms with Crippen molar-refractivity contribution < 1.29 is 5.11 Å². The van der Waals surface area contributed by atoms with E-state index in [4.69, 9.17) is 0 Å². The first-order valence-electron chi connectivity index (χ1n) is 6.81. The van der Waals surface area contributed by atoms with E-state index < -0.39 is 6.10 Å². The van der Waals surface area contributed by atoms with Gasteiger partial charge in [0.25, 0.3) is 0 Å². The number of hydrogen-bond acceptors (Lipinski definition) is 2. The molecule has 0 amide bonds. The van der Waals surface area contributed by atoms with Gasteiger partial charge in [-0.05, 0) is 30.2 Å². The molecule has 1 atom stereocenters. The molecule has 0 radical (unpaired) electrons. The number of fused-ring (bicyclic) bond motifs is 1. The summed E-state index contributed by atoms with van der Waals surface area (Å²) in [5.41, 5.74) is 4.23. The Labute approximate surface area is 118 Å². The van der Waals surface area contributed by atoms with Crippen LogP contribution in [0.1, 0.15) is 22.8 Å². The van der Waals surface area contributed by atoms with E-state index >= 15 is 0 Å². The summed E-state index contributed by atoms with van der Waals surface area (Å²) in [6, 6.07) is 18.1. The van der Waals surface area contributed by atoms with Gasteiger partial charge in [-0.25, -0.2) is 0 Å². The van der Waals surface area contributed by atoms with Crippen LogP contribution in [0, 0.1) is 6.92 Å². The van der Waals surface area contributed by atoms with E-state index in [0.717, 1.165) is 22.0 Å². The summed E-state index contributed by atoms with van der Waals surface area (Å²) < 4.78 is 0. The van der Waals surface area contributed by atoms with Crippen molar-refractivity contribution in [2.24, 2.45) is 0 Å². The van der Waals surface area contributed by atoms with Gasteiger partial charge in [0.1, 0.15) is 0 Å². The minimum Gasteiger partial charge on any atom is -0.388 e. The zero-order valence-corrected chi connectivity index (χ0v) is 11.5. The van der Waals surface area contributed by atoms with Gasteiger partial charge in [0.2, 0.25) is 0 Å². The number of aromatic nitrogens is 1. The van der Waals surface area contributed by atoms with E-state index in [2.05, 4.69) is 30.1 Å². The molecule has 1 N–H and O–H groups in total. The maximum atomic E-state index is 10.5. The third-order valence-electron chi connectivity index (χ3n) is 3.55. The van der Waals surface area contributed by atoms with E-state index in [0.29, 0.717) is 6.42 Å². The minimum absolute atomic E-state index is 0.510. The van der Waals surface area contributed by atoms with Crippen LogP contribution in [-0.4, -0.2) is 10.1 Å². The fraction of sp³-hybridized carbons (Fsp3) is 0.167. The van der Waals surface area contributed by atoms with E-state index in [1.165, 1.54) is 5.56 Å². The lowest BCUT2D eigenvalue weighted by atomic mass is 9.97. The lowest BCUT2D eigenvalue weighted by molar-refractivity contribution is 0.180. The first kappa shape index (κ1) is 12.8. The van der Waals surface area contributed by atoms with Crippen molar-refractivity contribution >= 4 is 10.9 Å². The van der Waals surface area contributed by atoms with Crippen molar-refractivity contribution in [3.05, 3.63) is 77.5 Å². The van der Waals surface area contributed by atoms with E-state index in [-0.39, 0.29) is 0 Å². The highest BCUT2D eigenvalue weighted by molar-refractivity contribution is 5.82. The van der Waals surface area contributed by atoms with Gasteiger partial charge in [0.15, 0.2) is 0 Å². The van der Waals surface area contributed by atoms with Crippen LogP contribution in [0.4, 0.5) is 0 Å². The largest absolute Gasteiger partial charge is 0.388 e. The number of nitrogens with zero attached hydrogens (tertiary/aromatic N) is 1. The summed E-state index contributed by atoms with van der Waals surface area (Å²) in [5.74, 6) is 0. The topological polar surface area (TPSA) is 33.1 Å². The van der Waals surface area contributed by atoms with E-state index in [1.54, 1.807) is 6.20 Å². The zero-order chi connectivity index (χ0) is 13.9. The van der Waals surface area contributed by atoms with Crippen molar-refractivity contribution in [1.29, 1.82) is 0 Å². The molecule has 0 aliphatic rings. The number of aliphatic hydroxyl groups excluding tert-OH is 1. The maximum Gasteiger partial charge on any atom is 0.0836 e. The molecule has 2 aromatic carbocycles. The second-order valence-corrected chi connectivity index (χ2v) is 5.13. The van der Waals surface area contributed by atoms with Crippen LogP contribution in [0.15, 0.2) is 60.8 Å². The molecule has 0 saturated heterocycles. The molecule has 3 aromatic rings. The number of pyridine rings is 1. The molecule has 0 bridgehead atoms. The van der Waals surface area contributed by atoms with Crippen molar-refractivity contribution in [3.8, 4) is 0 Å². The average molecular weight is 263 g/mol. The predicted molar refractivity (Wildman–Crippen MR) is 81.6 cm³/mol. The Morgan fingerprint density at radius 3 is 2.75 bits per heavy atom. The summed E-state index contributed by atoms with van der Waals surface area (Å²) in [7, 11) is 0. The standard InChI is InChI=1S/C18H17NO/c1-13-5-2-6-14(11-13)12-18(20)16-7-3-9-17-15(16)8-4-10-19-17/h2-11,18,20H,12H2,1H3. The molecule has 2 heteroatoms. The summed E-state index contributed by atoms with van der Waals surface area (Å²) >= 11 is 0. The van der Waals surface area contributed by atoms with Crippen LogP contribution in [0.5, 0.6) is 0 Å². The molecule has 0 aliphatic carbocycles.